The molecule has 0 aromatic rings. The minimum Gasteiger partial charge on any atom is -0.224 e. The van der Waals surface area contributed by atoms with Crippen LogP contribution < -0.4 is 5.32 Å². The molecule has 0 heterocycles. The van der Waals surface area contributed by atoms with Gasteiger partial charge < -0.3 is 0 Å². The highest BCUT2D eigenvalue weighted by molar-refractivity contribution is 4.84. The molecule has 2 heteroatoms. The van der Waals surface area contributed by atoms with Crippen molar-refractivity contribution in [1.29, 1.82) is 5.26 Å². The van der Waals surface area contributed by atoms with Gasteiger partial charge in [0.2, 0.25) is 0 Å². The van der Waals surface area contributed by atoms with E-state index in [0.717, 1.165) is 13.0 Å². The van der Waals surface area contributed by atoms with Crippen molar-refractivity contribution in [2.45, 2.75) is 26.3 Å². The summed E-state index contributed by atoms with van der Waals surface area (Å²) in [6.45, 7) is 4.66. The first-order chi connectivity index (χ1) is 3.81. The van der Waals surface area contributed by atoms with E-state index in [1.807, 2.05) is 13.0 Å². The van der Waals surface area contributed by atoms with Crippen LogP contribution >= 0.6 is 0 Å². The van der Waals surface area contributed by atoms with E-state index in [1.165, 1.54) is 0 Å². The number of nitriles is 1. The second-order valence-electron chi connectivity index (χ2n) is 1.71. The Balaban J connectivity index is 3.02. The van der Waals surface area contributed by atoms with Gasteiger partial charge in [0.05, 0.1) is 6.07 Å². The van der Waals surface area contributed by atoms with Crippen molar-refractivity contribution in [2.24, 2.45) is 0 Å². The van der Waals surface area contributed by atoms with Gasteiger partial charge in [0.15, 0.2) is 0 Å². The van der Waals surface area contributed by atoms with Crippen LogP contribution in [0.1, 0.15) is 20.3 Å². The Bertz CT molecular complexity index is 83.0. The van der Waals surface area contributed by atoms with Crippen LogP contribution in [-0.2, 0) is 0 Å². The Labute approximate surface area is 50.5 Å². The van der Waals surface area contributed by atoms with E-state index in [2.05, 4.69) is 5.32 Å². The van der Waals surface area contributed by atoms with Crippen molar-refractivity contribution in [3.63, 3.8) is 0 Å². The van der Waals surface area contributed by atoms with Crippen LogP contribution in [0, 0.1) is 11.3 Å². The summed E-state index contributed by atoms with van der Waals surface area (Å²) in [5, 5.41) is 12.2. The normalized spacial score (nSPS) is 12.6. The summed E-state index contributed by atoms with van der Waals surface area (Å²) in [4.78, 5) is 0. The van der Waals surface area contributed by atoms with E-state index in [0.29, 0.717) is 0 Å². The molecular weight excluding hydrogens is 100 g/mol. The van der Waals surface area contributed by atoms with E-state index in [1.54, 1.807) is 6.92 Å². The summed E-state index contributed by atoms with van der Waals surface area (Å²) in [6, 6.07) is 1.92. The van der Waals surface area contributed by atoms with E-state index >= 15 is 0 Å². The van der Waals surface area contributed by atoms with Crippen molar-refractivity contribution < 1.29 is 0 Å². The van der Waals surface area contributed by atoms with Gasteiger partial charge in [0, 0.05) is 6.54 Å². The third-order valence-corrected chi connectivity index (χ3v) is 0.813. The zero-order chi connectivity index (χ0) is 6.41. The van der Waals surface area contributed by atoms with E-state index in [9.17, 15) is 0 Å². The van der Waals surface area contributed by atoms with Gasteiger partial charge in [-0.15, -0.1) is 0 Å². The summed E-state index contributed by atoms with van der Waals surface area (Å²) >= 11 is 0. The molecular formula is C6H11N2. The molecule has 1 unspecified atom stereocenters. The topological polar surface area (TPSA) is 37.9 Å². The lowest BCUT2D eigenvalue weighted by atomic mass is 10.3. The summed E-state index contributed by atoms with van der Waals surface area (Å²) < 4.78 is 0. The second-order valence-corrected chi connectivity index (χ2v) is 1.71. The summed E-state index contributed by atoms with van der Waals surface area (Å²) in [7, 11) is 0. The second kappa shape index (κ2) is 4.61. The van der Waals surface area contributed by atoms with Crippen LogP contribution in [0.5, 0.6) is 0 Å². The first-order valence-electron chi connectivity index (χ1n) is 2.87. The molecule has 0 rings (SSSR count). The molecule has 1 atom stereocenters. The molecule has 1 radical (unpaired) electrons. The maximum absolute atomic E-state index is 8.22. The predicted molar refractivity (Wildman–Crippen MR) is 32.4 cm³/mol. The average Bonchev–Trinajstić information content (AvgIpc) is 1.83. The standard InChI is InChI=1S/C6H11N2/c1-3-4-8-6(2)5-7/h6H,3-4H2,1-2H3. The molecule has 0 aromatic heterocycles. The van der Waals surface area contributed by atoms with Gasteiger partial charge in [-0.25, -0.2) is 5.32 Å². The molecule has 0 bridgehead atoms. The number of rotatable bonds is 3. The van der Waals surface area contributed by atoms with Gasteiger partial charge >= 0.3 is 0 Å². The highest BCUT2D eigenvalue weighted by Gasteiger charge is 1.94. The SMILES string of the molecule is CCC[N]C(C)C#N. The zero-order valence-corrected chi connectivity index (χ0v) is 5.39. The van der Waals surface area contributed by atoms with Crippen LogP contribution in [0.2, 0.25) is 0 Å². The monoisotopic (exact) mass is 111 g/mol. The fraction of sp³-hybridized carbons (Fsp3) is 0.833. The van der Waals surface area contributed by atoms with Crippen molar-refractivity contribution >= 4 is 0 Å². The lowest BCUT2D eigenvalue weighted by molar-refractivity contribution is 0.618. The van der Waals surface area contributed by atoms with Crippen molar-refractivity contribution in [3.8, 4) is 6.07 Å². The predicted octanol–water partition coefficient (Wildman–Crippen LogP) is 0.913. The quantitative estimate of drug-likeness (QED) is 0.533. The minimum atomic E-state index is -0.116. The lowest BCUT2D eigenvalue weighted by Gasteiger charge is -1.97. The Morgan fingerprint density at radius 3 is 2.75 bits per heavy atom. The Morgan fingerprint density at radius 1 is 1.75 bits per heavy atom. The maximum Gasteiger partial charge on any atom is 0.108 e. The van der Waals surface area contributed by atoms with Crippen LogP contribution in [0.15, 0.2) is 0 Å². The summed E-state index contributed by atoms with van der Waals surface area (Å²) in [5.41, 5.74) is 0. The molecule has 0 aliphatic heterocycles. The van der Waals surface area contributed by atoms with Gasteiger partial charge in [-0.3, -0.25) is 0 Å². The third kappa shape index (κ3) is 3.63. The molecule has 8 heavy (non-hydrogen) atoms. The van der Waals surface area contributed by atoms with Crippen LogP contribution in [0.25, 0.3) is 0 Å². The molecule has 0 fully saturated rings. The van der Waals surface area contributed by atoms with E-state index in [-0.39, 0.29) is 6.04 Å². The molecule has 0 N–H and O–H groups in total. The summed E-state index contributed by atoms with van der Waals surface area (Å²) in [6.07, 6.45) is 1.03. The fourth-order valence-corrected chi connectivity index (χ4v) is 0.364. The lowest BCUT2D eigenvalue weighted by Crippen LogP contribution is -2.16. The van der Waals surface area contributed by atoms with Gasteiger partial charge in [0.25, 0.3) is 0 Å². The largest absolute Gasteiger partial charge is 0.224 e. The van der Waals surface area contributed by atoms with Crippen molar-refractivity contribution in [3.05, 3.63) is 0 Å². The molecule has 0 amide bonds. The Kier molecular flexibility index (Phi) is 4.29. The van der Waals surface area contributed by atoms with Gasteiger partial charge in [-0.1, -0.05) is 6.92 Å². The molecule has 0 aliphatic rings. The Morgan fingerprint density at radius 2 is 2.38 bits per heavy atom. The van der Waals surface area contributed by atoms with Gasteiger partial charge in [-0.2, -0.15) is 5.26 Å². The summed E-state index contributed by atoms with van der Waals surface area (Å²) in [5.74, 6) is 0. The number of hydrogen-bond acceptors (Lipinski definition) is 1. The molecule has 0 saturated carbocycles. The van der Waals surface area contributed by atoms with Crippen molar-refractivity contribution in [1.82, 2.24) is 5.32 Å². The van der Waals surface area contributed by atoms with Gasteiger partial charge in [-0.05, 0) is 13.3 Å². The minimum absolute atomic E-state index is 0.116. The maximum atomic E-state index is 8.22. The van der Waals surface area contributed by atoms with E-state index in [4.69, 9.17) is 5.26 Å². The highest BCUT2D eigenvalue weighted by atomic mass is 14.9. The molecule has 2 nitrogen and oxygen atoms in total. The van der Waals surface area contributed by atoms with Crippen LogP contribution in [-0.4, -0.2) is 12.6 Å². The first kappa shape index (κ1) is 7.45. The first-order valence-corrected chi connectivity index (χ1v) is 2.87. The van der Waals surface area contributed by atoms with E-state index < -0.39 is 0 Å². The molecule has 0 aliphatic carbocycles. The van der Waals surface area contributed by atoms with Gasteiger partial charge in [0.1, 0.15) is 6.04 Å². The van der Waals surface area contributed by atoms with Crippen LogP contribution in [0.4, 0.5) is 0 Å². The van der Waals surface area contributed by atoms with Crippen LogP contribution in [0.3, 0.4) is 0 Å². The molecule has 45 valence electrons. The Hall–Kier alpha value is -0.550. The average molecular weight is 111 g/mol. The molecule has 0 spiro atoms. The number of hydrogen-bond donors (Lipinski definition) is 0. The smallest absolute Gasteiger partial charge is 0.108 e. The fourth-order valence-electron chi connectivity index (χ4n) is 0.364. The third-order valence-electron chi connectivity index (χ3n) is 0.813. The molecule has 0 saturated heterocycles. The molecule has 0 aromatic carbocycles. The zero-order valence-electron chi connectivity index (χ0n) is 5.39. The number of nitrogens with zero attached hydrogens (tertiary/aromatic N) is 2. The van der Waals surface area contributed by atoms with Crippen molar-refractivity contribution in [2.75, 3.05) is 6.54 Å². The highest BCUT2D eigenvalue weighted by Crippen LogP contribution is 1.80.